The van der Waals surface area contributed by atoms with Gasteiger partial charge in [0.25, 0.3) is 5.91 Å². The van der Waals surface area contributed by atoms with Crippen molar-refractivity contribution >= 4 is 35.6 Å². The van der Waals surface area contributed by atoms with Crippen LogP contribution in [0.4, 0.5) is 11.4 Å². The Bertz CT molecular complexity index is 667. The van der Waals surface area contributed by atoms with Gasteiger partial charge in [-0.25, -0.2) is 0 Å². The standard InChI is InChI=1S/C17H21N3O3.ClH/c1-3-10-17(2,18)16(22)20-13-8-6-12(7-9-13)19-15(21)14-5-4-11-23-14;/h4-9,11H,3,10,18H2,1-2H3,(H,19,21)(H,20,22);1H. The lowest BCUT2D eigenvalue weighted by Gasteiger charge is -2.22. The van der Waals surface area contributed by atoms with Gasteiger partial charge in [-0.2, -0.15) is 0 Å². The van der Waals surface area contributed by atoms with Crippen molar-refractivity contribution in [2.75, 3.05) is 10.6 Å². The lowest BCUT2D eigenvalue weighted by atomic mass is 9.96. The number of carbonyl (C=O) groups is 2. The second-order valence-corrected chi connectivity index (χ2v) is 5.63. The molecule has 0 fully saturated rings. The molecule has 2 amide bonds. The van der Waals surface area contributed by atoms with Gasteiger partial charge in [0.05, 0.1) is 11.8 Å². The highest BCUT2D eigenvalue weighted by Gasteiger charge is 2.27. The molecule has 0 spiro atoms. The first-order chi connectivity index (χ1) is 10.9. The molecule has 130 valence electrons. The average Bonchev–Trinajstić information content (AvgIpc) is 3.03. The molecule has 1 aromatic carbocycles. The number of nitrogens with one attached hydrogen (secondary N) is 2. The van der Waals surface area contributed by atoms with Crippen LogP contribution < -0.4 is 16.4 Å². The number of benzene rings is 1. The summed E-state index contributed by atoms with van der Waals surface area (Å²) in [5, 5.41) is 5.49. The lowest BCUT2D eigenvalue weighted by molar-refractivity contribution is -0.120. The van der Waals surface area contributed by atoms with Crippen LogP contribution in [0.1, 0.15) is 37.2 Å². The number of anilines is 2. The molecule has 1 unspecified atom stereocenters. The van der Waals surface area contributed by atoms with Gasteiger partial charge < -0.3 is 20.8 Å². The van der Waals surface area contributed by atoms with E-state index >= 15 is 0 Å². The predicted molar refractivity (Wildman–Crippen MR) is 96.5 cm³/mol. The Morgan fingerprint density at radius 1 is 1.12 bits per heavy atom. The normalized spacial score (nSPS) is 12.6. The molecule has 7 heteroatoms. The third kappa shape index (κ3) is 5.11. The molecule has 4 N–H and O–H groups in total. The molecule has 0 radical (unpaired) electrons. The Hall–Kier alpha value is -2.31. The van der Waals surface area contributed by atoms with Gasteiger partial charge in [-0.05, 0) is 49.7 Å². The lowest BCUT2D eigenvalue weighted by Crippen LogP contribution is -2.48. The van der Waals surface area contributed by atoms with Crippen LogP contribution >= 0.6 is 12.4 Å². The van der Waals surface area contributed by atoms with Gasteiger partial charge >= 0.3 is 0 Å². The van der Waals surface area contributed by atoms with Crippen molar-refractivity contribution in [2.24, 2.45) is 5.73 Å². The summed E-state index contributed by atoms with van der Waals surface area (Å²) >= 11 is 0. The molecule has 1 atom stereocenters. The van der Waals surface area contributed by atoms with E-state index in [1.165, 1.54) is 6.26 Å². The fraction of sp³-hybridized carbons (Fsp3) is 0.294. The van der Waals surface area contributed by atoms with E-state index in [-0.39, 0.29) is 30.0 Å². The van der Waals surface area contributed by atoms with Crippen LogP contribution in [0.3, 0.4) is 0 Å². The zero-order valence-corrected chi connectivity index (χ0v) is 14.5. The van der Waals surface area contributed by atoms with Crippen molar-refractivity contribution < 1.29 is 14.0 Å². The number of hydrogen-bond donors (Lipinski definition) is 3. The van der Waals surface area contributed by atoms with E-state index in [1.54, 1.807) is 43.3 Å². The van der Waals surface area contributed by atoms with Crippen LogP contribution in [0.5, 0.6) is 0 Å². The fourth-order valence-electron chi connectivity index (χ4n) is 2.14. The van der Waals surface area contributed by atoms with E-state index < -0.39 is 5.54 Å². The monoisotopic (exact) mass is 351 g/mol. The summed E-state index contributed by atoms with van der Waals surface area (Å²) in [6.07, 6.45) is 2.88. The summed E-state index contributed by atoms with van der Waals surface area (Å²) < 4.78 is 5.02. The Kier molecular flexibility index (Phi) is 7.00. The quantitative estimate of drug-likeness (QED) is 0.742. The van der Waals surface area contributed by atoms with Crippen molar-refractivity contribution in [3.8, 4) is 0 Å². The molecule has 0 aliphatic carbocycles. The maximum atomic E-state index is 12.1. The molecular formula is C17H22ClN3O3. The van der Waals surface area contributed by atoms with Crippen molar-refractivity contribution in [1.82, 2.24) is 0 Å². The van der Waals surface area contributed by atoms with Crippen molar-refractivity contribution in [3.63, 3.8) is 0 Å². The van der Waals surface area contributed by atoms with Gasteiger partial charge in [-0.1, -0.05) is 13.3 Å². The number of hydrogen-bond acceptors (Lipinski definition) is 4. The Morgan fingerprint density at radius 2 is 1.71 bits per heavy atom. The molecule has 0 saturated heterocycles. The molecule has 1 heterocycles. The van der Waals surface area contributed by atoms with E-state index in [4.69, 9.17) is 10.2 Å². The van der Waals surface area contributed by atoms with Crippen molar-refractivity contribution in [1.29, 1.82) is 0 Å². The van der Waals surface area contributed by atoms with E-state index in [2.05, 4.69) is 10.6 Å². The first-order valence-electron chi connectivity index (χ1n) is 7.47. The summed E-state index contributed by atoms with van der Waals surface area (Å²) in [6.45, 7) is 3.69. The first-order valence-corrected chi connectivity index (χ1v) is 7.47. The first kappa shape index (κ1) is 19.7. The van der Waals surface area contributed by atoms with Crippen LogP contribution in [0.15, 0.2) is 47.1 Å². The number of carbonyl (C=O) groups excluding carboxylic acids is 2. The number of amides is 2. The maximum Gasteiger partial charge on any atom is 0.291 e. The van der Waals surface area contributed by atoms with Crippen molar-refractivity contribution in [3.05, 3.63) is 48.4 Å². The largest absolute Gasteiger partial charge is 0.459 e. The third-order valence-electron chi connectivity index (χ3n) is 3.43. The topological polar surface area (TPSA) is 97.4 Å². The molecule has 0 aliphatic heterocycles. The Balaban J connectivity index is 0.00000288. The van der Waals surface area contributed by atoms with Crippen LogP contribution in [0.2, 0.25) is 0 Å². The van der Waals surface area contributed by atoms with E-state index in [0.29, 0.717) is 17.8 Å². The van der Waals surface area contributed by atoms with Crippen LogP contribution in [0, 0.1) is 0 Å². The fourth-order valence-corrected chi connectivity index (χ4v) is 2.14. The third-order valence-corrected chi connectivity index (χ3v) is 3.43. The average molecular weight is 352 g/mol. The zero-order valence-electron chi connectivity index (χ0n) is 13.7. The predicted octanol–water partition coefficient (Wildman–Crippen LogP) is 3.41. The highest BCUT2D eigenvalue weighted by molar-refractivity contribution is 6.02. The van der Waals surface area contributed by atoms with Crippen LogP contribution in [0.25, 0.3) is 0 Å². The minimum atomic E-state index is -0.902. The summed E-state index contributed by atoms with van der Waals surface area (Å²) in [5.41, 5.74) is 6.32. The molecule has 0 saturated carbocycles. The molecule has 2 rings (SSSR count). The summed E-state index contributed by atoms with van der Waals surface area (Å²) in [7, 11) is 0. The Morgan fingerprint density at radius 3 is 2.21 bits per heavy atom. The highest BCUT2D eigenvalue weighted by atomic mass is 35.5. The second-order valence-electron chi connectivity index (χ2n) is 5.63. The minimum Gasteiger partial charge on any atom is -0.459 e. The van der Waals surface area contributed by atoms with Gasteiger partial charge in [-0.15, -0.1) is 12.4 Å². The van der Waals surface area contributed by atoms with Gasteiger partial charge in [0.2, 0.25) is 5.91 Å². The minimum absolute atomic E-state index is 0. The molecule has 0 bridgehead atoms. The van der Waals surface area contributed by atoms with E-state index in [9.17, 15) is 9.59 Å². The molecule has 0 aliphatic rings. The van der Waals surface area contributed by atoms with Gasteiger partial charge in [0.15, 0.2) is 5.76 Å². The van der Waals surface area contributed by atoms with Crippen LogP contribution in [-0.4, -0.2) is 17.4 Å². The molecule has 24 heavy (non-hydrogen) atoms. The van der Waals surface area contributed by atoms with E-state index in [0.717, 1.165) is 6.42 Å². The summed E-state index contributed by atoms with van der Waals surface area (Å²) in [4.78, 5) is 24.0. The summed E-state index contributed by atoms with van der Waals surface area (Å²) in [5.74, 6) is -0.322. The zero-order chi connectivity index (χ0) is 16.9. The second kappa shape index (κ2) is 8.52. The number of furan rings is 1. The highest BCUT2D eigenvalue weighted by Crippen LogP contribution is 2.17. The molecule has 6 nitrogen and oxygen atoms in total. The number of rotatable bonds is 6. The van der Waals surface area contributed by atoms with Crippen molar-refractivity contribution in [2.45, 2.75) is 32.2 Å². The number of halogens is 1. The molecular weight excluding hydrogens is 330 g/mol. The smallest absolute Gasteiger partial charge is 0.291 e. The van der Waals surface area contributed by atoms with Gasteiger partial charge in [0, 0.05) is 11.4 Å². The van der Waals surface area contributed by atoms with Gasteiger partial charge in [-0.3, -0.25) is 9.59 Å². The van der Waals surface area contributed by atoms with Crippen LogP contribution in [-0.2, 0) is 4.79 Å². The Labute approximate surface area is 147 Å². The molecule has 1 aromatic heterocycles. The SMILES string of the molecule is CCCC(C)(N)C(=O)Nc1ccc(NC(=O)c2ccco2)cc1.Cl. The van der Waals surface area contributed by atoms with E-state index in [1.807, 2.05) is 6.92 Å². The maximum absolute atomic E-state index is 12.1. The molecule has 2 aromatic rings. The summed E-state index contributed by atoms with van der Waals surface area (Å²) in [6, 6.07) is 10.0. The van der Waals surface area contributed by atoms with Gasteiger partial charge in [0.1, 0.15) is 0 Å². The number of nitrogens with two attached hydrogens (primary N) is 1.